The summed E-state index contributed by atoms with van der Waals surface area (Å²) in [5.41, 5.74) is 21.8. The Labute approximate surface area is 306 Å². The van der Waals surface area contributed by atoms with Crippen LogP contribution in [-0.4, -0.2) is 5.54 Å². The SMILES string of the molecule is Cc1cc(N(c2cccc3c2C(C)(C)C2=C3C=C=CC=C2)c2c(C)cc(C(C)(C)C)cc2C)cc(N2c3ccccc3C3(C)CCCCC23C)c1. The van der Waals surface area contributed by atoms with Crippen LogP contribution in [0.5, 0.6) is 0 Å². The maximum atomic E-state index is 3.42. The summed E-state index contributed by atoms with van der Waals surface area (Å²) in [6.07, 6.45) is 13.6. The highest BCUT2D eigenvalue weighted by atomic mass is 15.3. The van der Waals surface area contributed by atoms with E-state index >= 15 is 0 Å². The first kappa shape index (κ1) is 33.6. The van der Waals surface area contributed by atoms with Crippen molar-refractivity contribution in [3.63, 3.8) is 0 Å². The van der Waals surface area contributed by atoms with Gasteiger partial charge in [-0.25, -0.2) is 0 Å². The Balaban J connectivity index is 1.40. The van der Waals surface area contributed by atoms with Gasteiger partial charge in [0.05, 0.1) is 16.9 Å². The Morgan fingerprint density at radius 2 is 1.53 bits per heavy atom. The molecule has 3 aliphatic carbocycles. The number of aryl methyl sites for hydroxylation is 3. The largest absolute Gasteiger partial charge is 0.334 e. The third-order valence-corrected chi connectivity index (χ3v) is 13.0. The predicted octanol–water partition coefficient (Wildman–Crippen LogP) is 13.4. The summed E-state index contributed by atoms with van der Waals surface area (Å²) >= 11 is 0. The van der Waals surface area contributed by atoms with E-state index in [0.717, 1.165) is 0 Å². The number of hydrogen-bond acceptors (Lipinski definition) is 2. The van der Waals surface area contributed by atoms with Gasteiger partial charge >= 0.3 is 0 Å². The molecule has 0 aromatic heterocycles. The van der Waals surface area contributed by atoms with Gasteiger partial charge in [-0.2, -0.15) is 0 Å². The van der Waals surface area contributed by atoms with Crippen LogP contribution in [0, 0.1) is 20.8 Å². The van der Waals surface area contributed by atoms with E-state index in [2.05, 4.69) is 176 Å². The van der Waals surface area contributed by atoms with Gasteiger partial charge in [0.25, 0.3) is 0 Å². The van der Waals surface area contributed by atoms with E-state index in [0.29, 0.717) is 0 Å². The minimum atomic E-state index is -0.197. The van der Waals surface area contributed by atoms with E-state index < -0.39 is 0 Å². The summed E-state index contributed by atoms with van der Waals surface area (Å²) in [7, 11) is 0. The van der Waals surface area contributed by atoms with Gasteiger partial charge in [0.1, 0.15) is 0 Å². The fourth-order valence-corrected chi connectivity index (χ4v) is 10.2. The van der Waals surface area contributed by atoms with Crippen LogP contribution >= 0.6 is 0 Å². The molecule has 4 aliphatic rings. The molecule has 1 heterocycles. The number of allylic oxidation sites excluding steroid dienone is 5. The quantitative estimate of drug-likeness (QED) is 0.199. The lowest BCUT2D eigenvalue weighted by molar-refractivity contribution is 0.195. The topological polar surface area (TPSA) is 6.48 Å². The zero-order valence-corrected chi connectivity index (χ0v) is 32.5. The van der Waals surface area contributed by atoms with Crippen molar-refractivity contribution in [1.82, 2.24) is 0 Å². The van der Waals surface area contributed by atoms with E-state index in [1.54, 1.807) is 0 Å². The lowest BCUT2D eigenvalue weighted by Gasteiger charge is -2.50. The Hall–Kier alpha value is -4.52. The second kappa shape index (κ2) is 11.5. The molecule has 0 amide bonds. The van der Waals surface area contributed by atoms with Gasteiger partial charge in [0, 0.05) is 27.9 Å². The molecule has 2 nitrogen and oxygen atoms in total. The Morgan fingerprint density at radius 3 is 2.27 bits per heavy atom. The van der Waals surface area contributed by atoms with E-state index in [1.807, 2.05) is 6.08 Å². The highest BCUT2D eigenvalue weighted by Crippen LogP contribution is 2.61. The highest BCUT2D eigenvalue weighted by Gasteiger charge is 2.57. The van der Waals surface area contributed by atoms with Gasteiger partial charge in [-0.05, 0) is 139 Å². The molecule has 0 N–H and O–H groups in total. The van der Waals surface area contributed by atoms with Crippen LogP contribution in [0.25, 0.3) is 5.57 Å². The number of hydrogen-bond donors (Lipinski definition) is 0. The molecule has 4 aromatic rings. The van der Waals surface area contributed by atoms with Crippen LogP contribution in [0.2, 0.25) is 0 Å². The van der Waals surface area contributed by atoms with Crippen molar-refractivity contribution in [1.29, 1.82) is 0 Å². The second-order valence-electron chi connectivity index (χ2n) is 17.7. The van der Waals surface area contributed by atoms with Crippen LogP contribution in [0.4, 0.5) is 28.4 Å². The zero-order valence-electron chi connectivity index (χ0n) is 32.5. The average molecular weight is 671 g/mol. The molecule has 2 atom stereocenters. The standard InChI is InChI=1S/C49H54N2/c1-32-27-36(31-37(28-32)51-42-23-15-14-22-41(42)48(9)25-16-17-26-49(48,51)10)50(45-33(2)29-35(30-34(45)3)46(4,5)6)43-24-18-20-39-38-19-12-11-13-21-40(38)47(7,8)44(39)43/h11,13-15,18-24,27-31H,16-17,25-26H2,1-10H3. The molecule has 4 aromatic carbocycles. The van der Waals surface area contributed by atoms with Crippen LogP contribution in [-0.2, 0) is 16.2 Å². The van der Waals surface area contributed by atoms with Crippen molar-refractivity contribution < 1.29 is 0 Å². The van der Waals surface area contributed by atoms with Gasteiger partial charge in [0.2, 0.25) is 0 Å². The first-order valence-corrected chi connectivity index (χ1v) is 19.1. The molecule has 0 radical (unpaired) electrons. The number of para-hydroxylation sites is 1. The van der Waals surface area contributed by atoms with Gasteiger partial charge < -0.3 is 9.80 Å². The van der Waals surface area contributed by atoms with Crippen molar-refractivity contribution in [2.24, 2.45) is 0 Å². The maximum absolute atomic E-state index is 3.42. The van der Waals surface area contributed by atoms with Crippen LogP contribution in [0.3, 0.4) is 0 Å². The maximum Gasteiger partial charge on any atom is 0.0520 e. The number of benzene rings is 4. The minimum Gasteiger partial charge on any atom is -0.334 e. The molecule has 1 aliphatic heterocycles. The van der Waals surface area contributed by atoms with Crippen molar-refractivity contribution in [3.05, 3.63) is 147 Å². The molecule has 1 saturated carbocycles. The van der Waals surface area contributed by atoms with Gasteiger partial charge in [-0.1, -0.05) is 109 Å². The van der Waals surface area contributed by atoms with Gasteiger partial charge in [0.15, 0.2) is 0 Å². The Kier molecular flexibility index (Phi) is 7.58. The van der Waals surface area contributed by atoms with E-state index in [1.165, 1.54) is 104 Å². The average Bonchev–Trinajstić information content (AvgIpc) is 3.25. The molecule has 51 heavy (non-hydrogen) atoms. The highest BCUT2D eigenvalue weighted by molar-refractivity contribution is 5.95. The first-order chi connectivity index (χ1) is 24.2. The lowest BCUT2D eigenvalue weighted by atomic mass is 9.61. The number of anilines is 5. The second-order valence-corrected chi connectivity index (χ2v) is 17.7. The van der Waals surface area contributed by atoms with E-state index in [9.17, 15) is 0 Å². The normalized spacial score (nSPS) is 22.8. The van der Waals surface area contributed by atoms with Crippen molar-refractivity contribution >= 4 is 34.0 Å². The molecule has 2 heteroatoms. The summed E-state index contributed by atoms with van der Waals surface area (Å²) < 4.78 is 0. The Bertz CT molecular complexity index is 2210. The van der Waals surface area contributed by atoms with Crippen molar-refractivity contribution in [2.75, 3.05) is 9.80 Å². The summed E-state index contributed by atoms with van der Waals surface area (Å²) in [5.74, 6) is 0. The summed E-state index contributed by atoms with van der Waals surface area (Å²) in [4.78, 5) is 5.33. The molecule has 1 fully saturated rings. The van der Waals surface area contributed by atoms with Crippen LogP contribution in [0.1, 0.15) is 113 Å². The smallest absolute Gasteiger partial charge is 0.0520 e. The number of nitrogens with zero attached hydrogens (tertiary/aromatic N) is 2. The lowest BCUT2D eigenvalue weighted by Crippen LogP contribution is -2.54. The molecule has 260 valence electrons. The fraction of sp³-hybridized carbons (Fsp3) is 0.367. The van der Waals surface area contributed by atoms with Gasteiger partial charge in [-0.15, -0.1) is 5.73 Å². The third-order valence-electron chi connectivity index (χ3n) is 13.0. The third kappa shape index (κ3) is 4.90. The molecular formula is C49H54N2. The molecule has 0 saturated heterocycles. The zero-order chi connectivity index (χ0) is 36.1. The van der Waals surface area contributed by atoms with Crippen LogP contribution in [0.15, 0.2) is 108 Å². The molecular weight excluding hydrogens is 617 g/mol. The van der Waals surface area contributed by atoms with Crippen molar-refractivity contribution in [2.45, 2.75) is 117 Å². The Morgan fingerprint density at radius 1 is 0.804 bits per heavy atom. The molecule has 0 bridgehead atoms. The number of rotatable bonds is 4. The van der Waals surface area contributed by atoms with Crippen molar-refractivity contribution in [3.8, 4) is 0 Å². The van der Waals surface area contributed by atoms with E-state index in [-0.39, 0.29) is 21.8 Å². The molecule has 0 spiro atoms. The summed E-state index contributed by atoms with van der Waals surface area (Å²) in [6, 6.07) is 28.4. The monoisotopic (exact) mass is 670 g/mol. The minimum absolute atomic E-state index is 0.00528. The predicted molar refractivity (Wildman–Crippen MR) is 219 cm³/mol. The summed E-state index contributed by atoms with van der Waals surface area (Å²) in [5, 5.41) is 0. The fourth-order valence-electron chi connectivity index (χ4n) is 10.2. The van der Waals surface area contributed by atoms with E-state index in [4.69, 9.17) is 0 Å². The first-order valence-electron chi connectivity index (χ1n) is 19.1. The molecule has 2 unspecified atom stereocenters. The number of fused-ring (bicyclic) bond motifs is 5. The van der Waals surface area contributed by atoms with Crippen LogP contribution < -0.4 is 9.80 Å². The molecule has 8 rings (SSSR count). The van der Waals surface area contributed by atoms with Gasteiger partial charge in [-0.3, -0.25) is 0 Å². The summed E-state index contributed by atoms with van der Waals surface area (Å²) in [6.45, 7) is 23.7.